The number of benzene rings is 1. The van der Waals surface area contributed by atoms with Gasteiger partial charge in [0, 0.05) is 17.3 Å². The first-order chi connectivity index (χ1) is 9.44. The minimum atomic E-state index is -0.527. The summed E-state index contributed by atoms with van der Waals surface area (Å²) in [7, 11) is 0. The zero-order valence-corrected chi connectivity index (χ0v) is 11.4. The second-order valence-electron chi connectivity index (χ2n) is 5.11. The lowest BCUT2D eigenvalue weighted by Gasteiger charge is -2.15. The van der Waals surface area contributed by atoms with Gasteiger partial charge in [-0.15, -0.1) is 0 Å². The number of nitriles is 1. The van der Waals surface area contributed by atoms with Crippen molar-refractivity contribution >= 4 is 5.91 Å². The van der Waals surface area contributed by atoms with Crippen molar-refractivity contribution in [3.63, 3.8) is 0 Å². The molecule has 1 aromatic heterocycles. The SMILES string of the molecule is CC(C)(C#N)c1ccc(-c2cc(C(N)=O)ccn2)cc1. The number of pyridine rings is 1. The molecule has 100 valence electrons. The summed E-state index contributed by atoms with van der Waals surface area (Å²) in [6.45, 7) is 3.74. The lowest BCUT2D eigenvalue weighted by molar-refractivity contribution is 0.1000. The Hall–Kier alpha value is -2.67. The number of rotatable bonds is 3. The number of amides is 1. The number of nitrogens with two attached hydrogens (primary N) is 1. The van der Waals surface area contributed by atoms with E-state index in [1.807, 2.05) is 38.1 Å². The number of hydrogen-bond acceptors (Lipinski definition) is 3. The highest BCUT2D eigenvalue weighted by Gasteiger charge is 2.19. The minimum absolute atomic E-state index is 0.427. The summed E-state index contributed by atoms with van der Waals surface area (Å²) in [5.74, 6) is -0.476. The van der Waals surface area contributed by atoms with E-state index in [0.717, 1.165) is 11.1 Å². The monoisotopic (exact) mass is 265 g/mol. The fraction of sp³-hybridized carbons (Fsp3) is 0.188. The molecule has 20 heavy (non-hydrogen) atoms. The third kappa shape index (κ3) is 2.67. The Bertz CT molecular complexity index is 682. The van der Waals surface area contributed by atoms with Gasteiger partial charge < -0.3 is 5.73 Å². The van der Waals surface area contributed by atoms with Crippen LogP contribution in [0.5, 0.6) is 0 Å². The fourth-order valence-corrected chi connectivity index (χ4v) is 1.86. The molecular formula is C16H15N3O. The quantitative estimate of drug-likeness (QED) is 0.926. The van der Waals surface area contributed by atoms with E-state index in [-0.39, 0.29) is 0 Å². The lowest BCUT2D eigenvalue weighted by Crippen LogP contribution is -2.13. The van der Waals surface area contributed by atoms with Crippen molar-refractivity contribution in [2.24, 2.45) is 5.73 Å². The van der Waals surface area contributed by atoms with Crippen LogP contribution in [0, 0.1) is 11.3 Å². The second-order valence-corrected chi connectivity index (χ2v) is 5.11. The van der Waals surface area contributed by atoms with Crippen molar-refractivity contribution in [2.75, 3.05) is 0 Å². The van der Waals surface area contributed by atoms with Crippen LogP contribution in [0.3, 0.4) is 0 Å². The molecule has 2 rings (SSSR count). The molecule has 0 saturated heterocycles. The molecule has 0 aliphatic heterocycles. The number of carbonyl (C=O) groups excluding carboxylic acids is 1. The Morgan fingerprint density at radius 3 is 2.45 bits per heavy atom. The van der Waals surface area contributed by atoms with E-state index in [1.54, 1.807) is 18.3 Å². The van der Waals surface area contributed by atoms with Gasteiger partial charge in [-0.05, 0) is 31.5 Å². The number of primary amides is 1. The molecule has 4 heteroatoms. The van der Waals surface area contributed by atoms with Crippen molar-refractivity contribution in [1.82, 2.24) is 4.98 Å². The first kappa shape index (κ1) is 13.8. The van der Waals surface area contributed by atoms with E-state index in [1.165, 1.54) is 0 Å². The summed E-state index contributed by atoms with van der Waals surface area (Å²) < 4.78 is 0. The topological polar surface area (TPSA) is 79.8 Å². The number of aromatic nitrogens is 1. The van der Waals surface area contributed by atoms with Gasteiger partial charge in [0.05, 0.1) is 17.2 Å². The Balaban J connectivity index is 2.38. The van der Waals surface area contributed by atoms with Crippen LogP contribution in [-0.2, 0) is 5.41 Å². The fourth-order valence-electron chi connectivity index (χ4n) is 1.86. The highest BCUT2D eigenvalue weighted by molar-refractivity contribution is 5.93. The minimum Gasteiger partial charge on any atom is -0.366 e. The van der Waals surface area contributed by atoms with Crippen molar-refractivity contribution in [2.45, 2.75) is 19.3 Å². The summed E-state index contributed by atoms with van der Waals surface area (Å²) >= 11 is 0. The maximum Gasteiger partial charge on any atom is 0.248 e. The van der Waals surface area contributed by atoms with Crippen LogP contribution < -0.4 is 5.73 Å². The normalized spacial score (nSPS) is 10.8. The zero-order valence-electron chi connectivity index (χ0n) is 11.4. The Morgan fingerprint density at radius 2 is 1.90 bits per heavy atom. The molecule has 0 atom stereocenters. The van der Waals surface area contributed by atoms with Crippen LogP contribution in [0.4, 0.5) is 0 Å². The molecule has 1 heterocycles. The Morgan fingerprint density at radius 1 is 1.25 bits per heavy atom. The van der Waals surface area contributed by atoms with E-state index in [4.69, 9.17) is 11.0 Å². The van der Waals surface area contributed by atoms with Gasteiger partial charge in [0.25, 0.3) is 0 Å². The first-order valence-corrected chi connectivity index (χ1v) is 6.22. The van der Waals surface area contributed by atoms with Crippen molar-refractivity contribution in [3.8, 4) is 17.3 Å². The van der Waals surface area contributed by atoms with Crippen LogP contribution in [0.2, 0.25) is 0 Å². The molecule has 0 spiro atoms. The third-order valence-electron chi connectivity index (χ3n) is 3.23. The maximum absolute atomic E-state index is 11.2. The summed E-state index contributed by atoms with van der Waals surface area (Å²) in [6.07, 6.45) is 1.56. The summed E-state index contributed by atoms with van der Waals surface area (Å²) in [5.41, 5.74) is 7.66. The molecule has 0 unspecified atom stereocenters. The molecule has 2 aromatic rings. The molecule has 0 saturated carbocycles. The molecule has 1 aromatic carbocycles. The second kappa shape index (κ2) is 5.14. The van der Waals surface area contributed by atoms with Crippen molar-refractivity contribution in [3.05, 3.63) is 53.7 Å². The number of hydrogen-bond donors (Lipinski definition) is 1. The molecule has 1 amide bonds. The standard InChI is InChI=1S/C16H15N3O/c1-16(2,10-17)13-5-3-11(4-6-13)14-9-12(15(18)20)7-8-19-14/h3-9H,1-2H3,(H2,18,20). The average Bonchev–Trinajstić information content (AvgIpc) is 2.47. The first-order valence-electron chi connectivity index (χ1n) is 6.22. The van der Waals surface area contributed by atoms with Gasteiger partial charge in [0.2, 0.25) is 5.91 Å². The van der Waals surface area contributed by atoms with E-state index in [9.17, 15) is 4.79 Å². The molecule has 0 aliphatic rings. The van der Waals surface area contributed by atoms with Gasteiger partial charge in [0.15, 0.2) is 0 Å². The molecule has 0 bridgehead atoms. The summed E-state index contributed by atoms with van der Waals surface area (Å²) in [6, 6.07) is 13.1. The van der Waals surface area contributed by atoms with E-state index in [2.05, 4.69) is 11.1 Å². The van der Waals surface area contributed by atoms with Gasteiger partial charge in [-0.25, -0.2) is 0 Å². The van der Waals surface area contributed by atoms with Crippen LogP contribution in [0.1, 0.15) is 29.8 Å². The van der Waals surface area contributed by atoms with Gasteiger partial charge in [-0.1, -0.05) is 24.3 Å². The summed E-state index contributed by atoms with van der Waals surface area (Å²) in [4.78, 5) is 15.4. The zero-order chi connectivity index (χ0) is 14.8. The summed E-state index contributed by atoms with van der Waals surface area (Å²) in [5, 5.41) is 9.12. The van der Waals surface area contributed by atoms with Crippen LogP contribution in [0.15, 0.2) is 42.6 Å². The highest BCUT2D eigenvalue weighted by Crippen LogP contribution is 2.25. The van der Waals surface area contributed by atoms with Gasteiger partial charge in [-0.3, -0.25) is 9.78 Å². The smallest absolute Gasteiger partial charge is 0.248 e. The molecule has 4 nitrogen and oxygen atoms in total. The molecule has 0 radical (unpaired) electrons. The van der Waals surface area contributed by atoms with E-state index in [0.29, 0.717) is 11.3 Å². The van der Waals surface area contributed by atoms with E-state index < -0.39 is 11.3 Å². The van der Waals surface area contributed by atoms with Crippen molar-refractivity contribution in [1.29, 1.82) is 5.26 Å². The van der Waals surface area contributed by atoms with Gasteiger partial charge >= 0.3 is 0 Å². The molecular weight excluding hydrogens is 250 g/mol. The molecule has 2 N–H and O–H groups in total. The largest absolute Gasteiger partial charge is 0.366 e. The predicted octanol–water partition coefficient (Wildman–Crippen LogP) is 2.65. The Kier molecular flexibility index (Phi) is 3.53. The van der Waals surface area contributed by atoms with E-state index >= 15 is 0 Å². The number of nitrogens with zero attached hydrogens (tertiary/aromatic N) is 2. The average molecular weight is 265 g/mol. The van der Waals surface area contributed by atoms with Crippen LogP contribution in [0.25, 0.3) is 11.3 Å². The lowest BCUT2D eigenvalue weighted by atomic mass is 9.86. The van der Waals surface area contributed by atoms with Crippen LogP contribution in [-0.4, -0.2) is 10.9 Å². The number of carbonyl (C=O) groups is 1. The Labute approximate surface area is 117 Å². The van der Waals surface area contributed by atoms with Crippen LogP contribution >= 0.6 is 0 Å². The third-order valence-corrected chi connectivity index (χ3v) is 3.23. The maximum atomic E-state index is 11.2. The molecule has 0 aliphatic carbocycles. The van der Waals surface area contributed by atoms with Crippen molar-refractivity contribution < 1.29 is 4.79 Å². The van der Waals surface area contributed by atoms with Gasteiger partial charge in [0.1, 0.15) is 0 Å². The van der Waals surface area contributed by atoms with Gasteiger partial charge in [-0.2, -0.15) is 5.26 Å². The predicted molar refractivity (Wildman–Crippen MR) is 76.8 cm³/mol. The highest BCUT2D eigenvalue weighted by atomic mass is 16.1. The molecule has 0 fully saturated rings.